The monoisotopic (exact) mass is 334 g/mol. The van der Waals surface area contributed by atoms with Gasteiger partial charge >= 0.3 is 0 Å². The van der Waals surface area contributed by atoms with Gasteiger partial charge in [-0.2, -0.15) is 5.06 Å². The van der Waals surface area contributed by atoms with Crippen molar-refractivity contribution >= 4 is 33.8 Å². The molecule has 0 saturated heterocycles. The number of hydroxylamine groups is 1. The number of carbonyl (C=O) groups is 2. The van der Waals surface area contributed by atoms with Gasteiger partial charge in [0.15, 0.2) is 5.78 Å². The maximum absolute atomic E-state index is 12.4. The molecule has 0 aromatic heterocycles. The second kappa shape index (κ2) is 5.21. The van der Waals surface area contributed by atoms with Gasteiger partial charge in [-0.3, -0.25) is 14.5 Å². The van der Waals surface area contributed by atoms with Crippen LogP contribution in [0.5, 0.6) is 0 Å². The van der Waals surface area contributed by atoms with Crippen molar-refractivity contribution in [2.45, 2.75) is 27.7 Å². The Morgan fingerprint density at radius 1 is 0.960 bits per heavy atom. The SMILES string of the molecule is CC(=O)C1=C(C)ON2C1=C(C)N(C(C)=O)c1cc3ccccc3cc12. The second-order valence-electron chi connectivity index (χ2n) is 6.35. The lowest BCUT2D eigenvalue weighted by Gasteiger charge is -2.35. The van der Waals surface area contributed by atoms with Crippen LogP contribution in [-0.4, -0.2) is 11.7 Å². The van der Waals surface area contributed by atoms with E-state index in [0.717, 1.165) is 22.1 Å². The highest BCUT2D eigenvalue weighted by molar-refractivity contribution is 6.08. The van der Waals surface area contributed by atoms with Crippen LogP contribution in [0.1, 0.15) is 27.7 Å². The quantitative estimate of drug-likeness (QED) is 0.789. The molecule has 0 unspecified atom stereocenters. The van der Waals surface area contributed by atoms with Crippen molar-refractivity contribution in [3.63, 3.8) is 0 Å². The summed E-state index contributed by atoms with van der Waals surface area (Å²) in [5.74, 6) is 0.363. The molecule has 5 heteroatoms. The van der Waals surface area contributed by atoms with Gasteiger partial charge in [0.25, 0.3) is 0 Å². The van der Waals surface area contributed by atoms with E-state index in [1.165, 1.54) is 13.8 Å². The third kappa shape index (κ3) is 2.09. The molecule has 0 bridgehead atoms. The summed E-state index contributed by atoms with van der Waals surface area (Å²) in [5.41, 5.74) is 3.36. The largest absolute Gasteiger partial charge is 0.378 e. The maximum atomic E-state index is 12.4. The van der Waals surface area contributed by atoms with Crippen LogP contribution in [0.15, 0.2) is 59.1 Å². The van der Waals surface area contributed by atoms with Crippen LogP contribution in [0.2, 0.25) is 0 Å². The summed E-state index contributed by atoms with van der Waals surface area (Å²) < 4.78 is 0. The van der Waals surface area contributed by atoms with Crippen molar-refractivity contribution in [3.8, 4) is 0 Å². The zero-order chi connectivity index (χ0) is 17.9. The average molecular weight is 334 g/mol. The fourth-order valence-electron chi connectivity index (χ4n) is 3.66. The number of anilines is 2. The van der Waals surface area contributed by atoms with Crippen molar-refractivity contribution in [3.05, 3.63) is 59.1 Å². The zero-order valence-electron chi connectivity index (χ0n) is 14.6. The Morgan fingerprint density at radius 2 is 1.56 bits per heavy atom. The summed E-state index contributed by atoms with van der Waals surface area (Å²) in [7, 11) is 0. The molecule has 2 aliphatic rings. The summed E-state index contributed by atoms with van der Waals surface area (Å²) >= 11 is 0. The minimum Gasteiger partial charge on any atom is -0.378 e. The number of allylic oxidation sites excluding steroid dienone is 3. The Kier molecular flexibility index (Phi) is 3.22. The highest BCUT2D eigenvalue weighted by Crippen LogP contribution is 2.47. The van der Waals surface area contributed by atoms with Gasteiger partial charge in [-0.1, -0.05) is 24.3 Å². The van der Waals surface area contributed by atoms with E-state index in [2.05, 4.69) is 0 Å². The molecule has 1 amide bonds. The van der Waals surface area contributed by atoms with Crippen LogP contribution in [-0.2, 0) is 14.4 Å². The number of ketones is 1. The molecule has 0 aliphatic carbocycles. The number of benzene rings is 2. The lowest BCUT2D eigenvalue weighted by Crippen LogP contribution is -2.36. The third-order valence-electron chi connectivity index (χ3n) is 4.67. The molecule has 0 saturated carbocycles. The fourth-order valence-corrected chi connectivity index (χ4v) is 3.66. The lowest BCUT2D eigenvalue weighted by molar-refractivity contribution is -0.116. The molecule has 0 atom stereocenters. The smallest absolute Gasteiger partial charge is 0.228 e. The standard InChI is InChI=1S/C20H18N2O3/c1-11-20-19(12(2)23)13(3)25-22(20)18-10-16-8-6-5-7-15(16)9-17(18)21(11)14(4)24/h5-10H,1-4H3. The number of nitrogens with zero attached hydrogens (tertiary/aromatic N) is 2. The summed E-state index contributed by atoms with van der Waals surface area (Å²) in [6.07, 6.45) is 0. The molecule has 5 nitrogen and oxygen atoms in total. The Bertz CT molecular complexity index is 1020. The van der Waals surface area contributed by atoms with E-state index in [4.69, 9.17) is 4.84 Å². The molecule has 2 aliphatic heterocycles. The van der Waals surface area contributed by atoms with Crippen molar-refractivity contribution in [2.24, 2.45) is 0 Å². The van der Waals surface area contributed by atoms with E-state index in [9.17, 15) is 9.59 Å². The summed E-state index contributed by atoms with van der Waals surface area (Å²) in [4.78, 5) is 32.1. The van der Waals surface area contributed by atoms with E-state index >= 15 is 0 Å². The van der Waals surface area contributed by atoms with Crippen molar-refractivity contribution in [2.75, 3.05) is 9.96 Å². The van der Waals surface area contributed by atoms with E-state index in [1.54, 1.807) is 16.9 Å². The molecule has 4 rings (SSSR count). The van der Waals surface area contributed by atoms with Gasteiger partial charge in [0.2, 0.25) is 5.91 Å². The van der Waals surface area contributed by atoms with Gasteiger partial charge in [0.1, 0.15) is 17.1 Å². The van der Waals surface area contributed by atoms with Crippen LogP contribution in [0, 0.1) is 0 Å². The van der Waals surface area contributed by atoms with Crippen molar-refractivity contribution in [1.29, 1.82) is 0 Å². The maximum Gasteiger partial charge on any atom is 0.228 e. The van der Waals surface area contributed by atoms with Crippen molar-refractivity contribution < 1.29 is 14.4 Å². The fraction of sp³-hybridized carbons (Fsp3) is 0.200. The molecule has 126 valence electrons. The van der Waals surface area contributed by atoms with Gasteiger partial charge in [0.05, 0.1) is 17.0 Å². The van der Waals surface area contributed by atoms with E-state index in [1.807, 2.05) is 43.3 Å². The Hall–Kier alpha value is -3.08. The first-order valence-electron chi connectivity index (χ1n) is 8.15. The molecule has 2 aromatic rings. The van der Waals surface area contributed by atoms with Crippen LogP contribution >= 0.6 is 0 Å². The van der Waals surface area contributed by atoms with Gasteiger partial charge in [-0.25, -0.2) is 0 Å². The molecule has 2 aromatic carbocycles. The molecule has 0 N–H and O–H groups in total. The van der Waals surface area contributed by atoms with E-state index in [-0.39, 0.29) is 11.7 Å². The number of carbonyl (C=O) groups excluding carboxylic acids is 2. The topological polar surface area (TPSA) is 49.9 Å². The molecule has 0 spiro atoms. The average Bonchev–Trinajstić information content (AvgIpc) is 2.91. The summed E-state index contributed by atoms with van der Waals surface area (Å²) in [5, 5.41) is 3.75. The van der Waals surface area contributed by atoms with Gasteiger partial charge < -0.3 is 4.84 Å². The first-order chi connectivity index (χ1) is 11.9. The number of fused-ring (bicyclic) bond motifs is 4. The predicted molar refractivity (Wildman–Crippen MR) is 96.8 cm³/mol. The molecule has 2 heterocycles. The van der Waals surface area contributed by atoms with E-state index in [0.29, 0.717) is 22.7 Å². The minimum absolute atomic E-state index is 0.0814. The number of amides is 1. The second-order valence-corrected chi connectivity index (χ2v) is 6.35. The van der Waals surface area contributed by atoms with Gasteiger partial charge in [-0.15, -0.1) is 0 Å². The van der Waals surface area contributed by atoms with Crippen molar-refractivity contribution in [1.82, 2.24) is 0 Å². The minimum atomic E-state index is -0.103. The summed E-state index contributed by atoms with van der Waals surface area (Å²) in [6, 6.07) is 11.9. The first-order valence-corrected chi connectivity index (χ1v) is 8.15. The number of hydrogen-bond donors (Lipinski definition) is 0. The molecular formula is C20H18N2O3. The Balaban J connectivity index is 2.04. The number of Topliss-reactive ketones (excluding diaryl/α,β-unsaturated/α-hetero) is 1. The predicted octanol–water partition coefficient (Wildman–Crippen LogP) is 4.05. The van der Waals surface area contributed by atoms with E-state index < -0.39 is 0 Å². The highest BCUT2D eigenvalue weighted by Gasteiger charge is 2.40. The number of rotatable bonds is 1. The third-order valence-corrected chi connectivity index (χ3v) is 4.67. The molecular weight excluding hydrogens is 316 g/mol. The van der Waals surface area contributed by atoms with Crippen LogP contribution < -0.4 is 9.96 Å². The van der Waals surface area contributed by atoms with Crippen LogP contribution in [0.4, 0.5) is 11.4 Å². The zero-order valence-corrected chi connectivity index (χ0v) is 14.6. The lowest BCUT2D eigenvalue weighted by atomic mass is 10.0. The highest BCUT2D eigenvalue weighted by atomic mass is 16.7. The van der Waals surface area contributed by atoms with Crippen LogP contribution in [0.3, 0.4) is 0 Å². The summed E-state index contributed by atoms with van der Waals surface area (Å²) in [6.45, 7) is 6.65. The molecule has 25 heavy (non-hydrogen) atoms. The molecule has 0 radical (unpaired) electrons. The molecule has 0 fully saturated rings. The number of hydrogen-bond acceptors (Lipinski definition) is 4. The van der Waals surface area contributed by atoms with Crippen LogP contribution in [0.25, 0.3) is 10.8 Å². The Morgan fingerprint density at radius 3 is 2.12 bits per heavy atom. The Labute approximate surface area is 145 Å². The van der Waals surface area contributed by atoms with Gasteiger partial charge in [0, 0.05) is 6.92 Å². The normalized spacial score (nSPS) is 16.2. The first kappa shape index (κ1) is 15.4. The van der Waals surface area contributed by atoms with Gasteiger partial charge in [-0.05, 0) is 43.7 Å².